The fraction of sp³-hybridized carbons (Fsp3) is 0.235. The third-order valence-corrected chi connectivity index (χ3v) is 4.02. The molecule has 0 spiro atoms. The topological polar surface area (TPSA) is 62.3 Å². The molecule has 0 fully saturated rings. The standard InChI is InChI=1S/C17H19N3O2S/c1-20(2)17(22)14(12-8-5-4-6-9-12)19-15(21)13-10-7-11-18-16(13)23-3/h4-11,14H,1-3H3,(H,19,21). The van der Waals surface area contributed by atoms with E-state index in [9.17, 15) is 9.59 Å². The zero-order chi connectivity index (χ0) is 16.8. The average Bonchev–Trinajstić information content (AvgIpc) is 2.59. The first-order valence-electron chi connectivity index (χ1n) is 7.10. The number of amides is 2. The molecule has 2 rings (SSSR count). The van der Waals surface area contributed by atoms with Gasteiger partial charge in [-0.25, -0.2) is 4.98 Å². The van der Waals surface area contributed by atoms with Crippen molar-refractivity contribution in [1.82, 2.24) is 15.2 Å². The lowest BCUT2D eigenvalue weighted by Crippen LogP contribution is -2.40. The number of likely N-dealkylation sites (N-methyl/N-ethyl adjacent to an activating group) is 1. The Morgan fingerprint density at radius 1 is 1.13 bits per heavy atom. The second-order valence-corrected chi connectivity index (χ2v) is 5.91. The van der Waals surface area contributed by atoms with Gasteiger partial charge in [-0.05, 0) is 24.0 Å². The van der Waals surface area contributed by atoms with E-state index in [-0.39, 0.29) is 11.8 Å². The Kier molecular flexibility index (Phi) is 5.76. The highest BCUT2D eigenvalue weighted by atomic mass is 32.2. The normalized spacial score (nSPS) is 11.6. The molecule has 120 valence electrons. The molecule has 0 radical (unpaired) electrons. The van der Waals surface area contributed by atoms with E-state index in [4.69, 9.17) is 0 Å². The van der Waals surface area contributed by atoms with Crippen LogP contribution in [0.4, 0.5) is 0 Å². The molecule has 1 atom stereocenters. The predicted octanol–water partition coefficient (Wildman–Crippen LogP) is 2.36. The predicted molar refractivity (Wildman–Crippen MR) is 91.4 cm³/mol. The first kappa shape index (κ1) is 17.0. The Bertz CT molecular complexity index is 689. The molecule has 6 heteroatoms. The number of hydrogen-bond donors (Lipinski definition) is 1. The molecule has 0 aliphatic carbocycles. The van der Waals surface area contributed by atoms with Crippen LogP contribution in [0.1, 0.15) is 22.0 Å². The maximum absolute atomic E-state index is 12.6. The minimum Gasteiger partial charge on any atom is -0.347 e. The van der Waals surface area contributed by atoms with Gasteiger partial charge >= 0.3 is 0 Å². The summed E-state index contributed by atoms with van der Waals surface area (Å²) in [6.07, 6.45) is 3.50. The van der Waals surface area contributed by atoms with Crippen molar-refractivity contribution in [1.29, 1.82) is 0 Å². The van der Waals surface area contributed by atoms with E-state index >= 15 is 0 Å². The van der Waals surface area contributed by atoms with Crippen LogP contribution in [-0.4, -0.2) is 42.0 Å². The summed E-state index contributed by atoms with van der Waals surface area (Å²) in [7, 11) is 3.34. The van der Waals surface area contributed by atoms with Gasteiger partial charge in [0.1, 0.15) is 11.1 Å². The van der Waals surface area contributed by atoms with Gasteiger partial charge in [0, 0.05) is 20.3 Å². The van der Waals surface area contributed by atoms with E-state index in [0.717, 1.165) is 5.56 Å². The van der Waals surface area contributed by atoms with Crippen LogP contribution in [0.15, 0.2) is 53.7 Å². The van der Waals surface area contributed by atoms with Crippen molar-refractivity contribution >= 4 is 23.6 Å². The fourth-order valence-corrected chi connectivity index (χ4v) is 2.67. The Morgan fingerprint density at radius 3 is 2.43 bits per heavy atom. The molecule has 0 saturated carbocycles. The number of thioether (sulfide) groups is 1. The SMILES string of the molecule is CSc1ncccc1C(=O)NC(C(=O)N(C)C)c1ccccc1. The van der Waals surface area contributed by atoms with Crippen LogP contribution < -0.4 is 5.32 Å². The van der Waals surface area contributed by atoms with E-state index in [1.54, 1.807) is 32.4 Å². The molecule has 0 aliphatic heterocycles. The lowest BCUT2D eigenvalue weighted by atomic mass is 10.1. The van der Waals surface area contributed by atoms with Crippen LogP contribution in [0.5, 0.6) is 0 Å². The maximum Gasteiger partial charge on any atom is 0.254 e. The summed E-state index contributed by atoms with van der Waals surface area (Å²) < 4.78 is 0. The number of aromatic nitrogens is 1. The zero-order valence-corrected chi connectivity index (χ0v) is 14.1. The first-order chi connectivity index (χ1) is 11.0. The molecule has 1 heterocycles. The van der Waals surface area contributed by atoms with Gasteiger partial charge < -0.3 is 10.2 Å². The third kappa shape index (κ3) is 4.10. The van der Waals surface area contributed by atoms with Crippen molar-refractivity contribution in [2.75, 3.05) is 20.4 Å². The molecule has 0 saturated heterocycles. The highest BCUT2D eigenvalue weighted by Gasteiger charge is 2.25. The van der Waals surface area contributed by atoms with E-state index in [0.29, 0.717) is 10.6 Å². The van der Waals surface area contributed by atoms with Gasteiger partial charge in [0.15, 0.2) is 0 Å². The number of benzene rings is 1. The number of hydrogen-bond acceptors (Lipinski definition) is 4. The fourth-order valence-electron chi connectivity index (χ4n) is 2.13. The number of rotatable bonds is 5. The largest absolute Gasteiger partial charge is 0.347 e. The van der Waals surface area contributed by atoms with E-state index in [1.165, 1.54) is 16.7 Å². The summed E-state index contributed by atoms with van der Waals surface area (Å²) in [5.41, 5.74) is 1.21. The van der Waals surface area contributed by atoms with Crippen molar-refractivity contribution in [2.45, 2.75) is 11.1 Å². The van der Waals surface area contributed by atoms with Crippen LogP contribution in [0.3, 0.4) is 0 Å². The molecule has 1 aromatic carbocycles. The van der Waals surface area contributed by atoms with Crippen molar-refractivity contribution in [3.63, 3.8) is 0 Å². The minimum atomic E-state index is -0.728. The quantitative estimate of drug-likeness (QED) is 0.856. The second-order valence-electron chi connectivity index (χ2n) is 5.11. The summed E-state index contributed by atoms with van der Waals surface area (Å²) in [5.74, 6) is -0.495. The van der Waals surface area contributed by atoms with Crippen LogP contribution in [0.25, 0.3) is 0 Å². The van der Waals surface area contributed by atoms with Crippen molar-refractivity contribution in [3.8, 4) is 0 Å². The van der Waals surface area contributed by atoms with Gasteiger partial charge in [-0.3, -0.25) is 9.59 Å². The Morgan fingerprint density at radius 2 is 1.83 bits per heavy atom. The Hall–Kier alpha value is -2.34. The lowest BCUT2D eigenvalue weighted by molar-refractivity contribution is -0.130. The lowest BCUT2D eigenvalue weighted by Gasteiger charge is -2.22. The number of carbonyl (C=O) groups excluding carboxylic acids is 2. The molecular formula is C17H19N3O2S. The molecule has 5 nitrogen and oxygen atoms in total. The summed E-state index contributed by atoms with van der Waals surface area (Å²) in [4.78, 5) is 30.7. The molecule has 2 amide bonds. The molecule has 0 bridgehead atoms. The van der Waals surface area contributed by atoms with Gasteiger partial charge in [0.25, 0.3) is 5.91 Å². The Balaban J connectivity index is 2.31. The van der Waals surface area contributed by atoms with E-state index < -0.39 is 6.04 Å². The summed E-state index contributed by atoms with van der Waals surface area (Å²) in [6, 6.07) is 11.9. The average molecular weight is 329 g/mol. The summed E-state index contributed by atoms with van der Waals surface area (Å²) >= 11 is 1.39. The van der Waals surface area contributed by atoms with Gasteiger partial charge in [-0.1, -0.05) is 30.3 Å². The van der Waals surface area contributed by atoms with Crippen LogP contribution in [-0.2, 0) is 4.79 Å². The van der Waals surface area contributed by atoms with Crippen molar-refractivity contribution in [3.05, 3.63) is 59.8 Å². The summed E-state index contributed by atoms with van der Waals surface area (Å²) in [6.45, 7) is 0. The molecule has 1 unspecified atom stereocenters. The van der Waals surface area contributed by atoms with Gasteiger partial charge in [-0.2, -0.15) is 0 Å². The minimum absolute atomic E-state index is 0.181. The highest BCUT2D eigenvalue weighted by molar-refractivity contribution is 7.98. The molecule has 2 aromatic rings. The molecule has 0 aliphatic rings. The van der Waals surface area contributed by atoms with Crippen molar-refractivity contribution in [2.24, 2.45) is 0 Å². The number of nitrogens with one attached hydrogen (secondary N) is 1. The van der Waals surface area contributed by atoms with Crippen LogP contribution in [0.2, 0.25) is 0 Å². The molecule has 1 aromatic heterocycles. The van der Waals surface area contributed by atoms with E-state index in [2.05, 4.69) is 10.3 Å². The molecule has 23 heavy (non-hydrogen) atoms. The smallest absolute Gasteiger partial charge is 0.254 e. The number of nitrogens with zero attached hydrogens (tertiary/aromatic N) is 2. The first-order valence-corrected chi connectivity index (χ1v) is 8.33. The van der Waals surface area contributed by atoms with E-state index in [1.807, 2.05) is 36.6 Å². The molecule has 1 N–H and O–H groups in total. The maximum atomic E-state index is 12.6. The highest BCUT2D eigenvalue weighted by Crippen LogP contribution is 2.20. The van der Waals surface area contributed by atoms with Crippen LogP contribution in [0, 0.1) is 0 Å². The monoisotopic (exact) mass is 329 g/mol. The third-order valence-electron chi connectivity index (χ3n) is 3.31. The van der Waals surface area contributed by atoms with Gasteiger partial charge in [0.05, 0.1) is 5.56 Å². The summed E-state index contributed by atoms with van der Waals surface area (Å²) in [5, 5.41) is 3.46. The number of carbonyl (C=O) groups is 2. The second kappa shape index (κ2) is 7.78. The Labute approximate surface area is 140 Å². The molecular weight excluding hydrogens is 310 g/mol. The van der Waals surface area contributed by atoms with Crippen molar-refractivity contribution < 1.29 is 9.59 Å². The number of pyridine rings is 1. The van der Waals surface area contributed by atoms with Gasteiger partial charge in [0.2, 0.25) is 5.91 Å². The van der Waals surface area contributed by atoms with Gasteiger partial charge in [-0.15, -0.1) is 11.8 Å². The zero-order valence-electron chi connectivity index (χ0n) is 13.3. The van der Waals surface area contributed by atoms with Crippen LogP contribution >= 0.6 is 11.8 Å².